The van der Waals surface area contributed by atoms with Gasteiger partial charge >= 0.3 is 0 Å². The number of carbonyl (C=O) groups is 2. The molecule has 27 heavy (non-hydrogen) atoms. The number of nitrogens with zero attached hydrogens (tertiary/aromatic N) is 4. The molecule has 0 saturated carbocycles. The summed E-state index contributed by atoms with van der Waals surface area (Å²) in [6.07, 6.45) is 4.22. The van der Waals surface area contributed by atoms with Gasteiger partial charge in [-0.25, -0.2) is 4.68 Å². The van der Waals surface area contributed by atoms with Crippen LogP contribution in [0.4, 0.5) is 5.95 Å². The second kappa shape index (κ2) is 7.38. The van der Waals surface area contributed by atoms with E-state index < -0.39 is 6.04 Å². The number of aromatic nitrogens is 3. The first-order valence-electron chi connectivity index (χ1n) is 9.47. The number of carbonyl (C=O) groups excluding carboxylic acids is 2. The molecule has 2 aliphatic heterocycles. The lowest BCUT2D eigenvalue weighted by molar-refractivity contribution is -0.120. The number of hydrogen-bond acceptors (Lipinski definition) is 5. The molecule has 0 radical (unpaired) electrons. The van der Waals surface area contributed by atoms with E-state index in [1.165, 1.54) is 19.3 Å². The lowest BCUT2D eigenvalue weighted by atomic mass is 10.1. The molecule has 2 N–H and O–H groups in total. The molecule has 142 valence electrons. The van der Waals surface area contributed by atoms with Gasteiger partial charge in [-0.3, -0.25) is 9.59 Å². The third kappa shape index (κ3) is 3.65. The van der Waals surface area contributed by atoms with Gasteiger partial charge in [0.15, 0.2) is 5.82 Å². The first-order valence-corrected chi connectivity index (χ1v) is 9.47. The van der Waals surface area contributed by atoms with Gasteiger partial charge < -0.3 is 15.5 Å². The summed E-state index contributed by atoms with van der Waals surface area (Å²) in [4.78, 5) is 31.1. The van der Waals surface area contributed by atoms with Gasteiger partial charge in [-0.05, 0) is 37.8 Å². The van der Waals surface area contributed by atoms with E-state index in [2.05, 4.69) is 20.6 Å². The second-order valence-electron chi connectivity index (χ2n) is 7.09. The van der Waals surface area contributed by atoms with Gasteiger partial charge in [0.1, 0.15) is 6.04 Å². The van der Waals surface area contributed by atoms with Crippen LogP contribution in [0.2, 0.25) is 0 Å². The lowest BCUT2D eigenvalue weighted by Gasteiger charge is -2.26. The van der Waals surface area contributed by atoms with Gasteiger partial charge in [0.05, 0.1) is 0 Å². The monoisotopic (exact) mass is 368 g/mol. The minimum absolute atomic E-state index is 0.128. The molecule has 2 saturated heterocycles. The maximum Gasteiger partial charge on any atom is 0.251 e. The molecule has 2 aromatic rings. The standard InChI is InChI=1S/C19H24N6O2/c1-24-19(25-10-3-2-4-11-25)22-16(23-24)13-6-5-7-14(12-13)17(26)21-15-8-9-20-18(15)27/h5-7,12,15H,2-4,8-11H2,1H3,(H,20,27)(H,21,26)/t15-/m0/s1. The van der Waals surface area contributed by atoms with E-state index in [0.717, 1.165) is 24.6 Å². The summed E-state index contributed by atoms with van der Waals surface area (Å²) >= 11 is 0. The zero-order valence-corrected chi connectivity index (χ0v) is 15.4. The highest BCUT2D eigenvalue weighted by Gasteiger charge is 2.26. The lowest BCUT2D eigenvalue weighted by Crippen LogP contribution is -2.40. The van der Waals surface area contributed by atoms with Crippen molar-refractivity contribution in [2.75, 3.05) is 24.5 Å². The molecular weight excluding hydrogens is 344 g/mol. The Kier molecular flexibility index (Phi) is 4.79. The third-order valence-corrected chi connectivity index (χ3v) is 5.12. The van der Waals surface area contributed by atoms with Crippen LogP contribution in [-0.4, -0.2) is 52.3 Å². The highest BCUT2D eigenvalue weighted by molar-refractivity contribution is 5.98. The van der Waals surface area contributed by atoms with Gasteiger partial charge in [0.2, 0.25) is 11.9 Å². The number of piperidine rings is 1. The molecule has 2 fully saturated rings. The van der Waals surface area contributed by atoms with Crippen molar-refractivity contribution < 1.29 is 9.59 Å². The smallest absolute Gasteiger partial charge is 0.251 e. The predicted octanol–water partition coefficient (Wildman–Crippen LogP) is 1.09. The molecule has 0 aliphatic carbocycles. The van der Waals surface area contributed by atoms with E-state index in [-0.39, 0.29) is 11.8 Å². The maximum atomic E-state index is 12.5. The molecule has 8 heteroatoms. The maximum absolute atomic E-state index is 12.5. The molecule has 2 aliphatic rings. The normalized spacial score (nSPS) is 19.8. The average molecular weight is 368 g/mol. The highest BCUT2D eigenvalue weighted by Crippen LogP contribution is 2.23. The molecule has 4 rings (SSSR count). The van der Waals surface area contributed by atoms with Gasteiger partial charge in [-0.15, -0.1) is 5.10 Å². The SMILES string of the molecule is Cn1nc(-c2cccc(C(=O)N[C@H]3CCNC3=O)c2)nc1N1CCCCC1. The van der Waals surface area contributed by atoms with Crippen LogP contribution in [0.5, 0.6) is 0 Å². The topological polar surface area (TPSA) is 92.2 Å². The van der Waals surface area contributed by atoms with Gasteiger partial charge in [-0.1, -0.05) is 12.1 Å². The van der Waals surface area contributed by atoms with E-state index in [4.69, 9.17) is 4.98 Å². The molecule has 8 nitrogen and oxygen atoms in total. The van der Waals surface area contributed by atoms with Crippen molar-refractivity contribution in [3.63, 3.8) is 0 Å². The van der Waals surface area contributed by atoms with E-state index in [1.807, 2.05) is 19.2 Å². The van der Waals surface area contributed by atoms with Gasteiger partial charge in [0.25, 0.3) is 5.91 Å². The van der Waals surface area contributed by atoms with Gasteiger partial charge in [0, 0.05) is 37.8 Å². The second-order valence-corrected chi connectivity index (χ2v) is 7.09. The Hall–Kier alpha value is -2.90. The van der Waals surface area contributed by atoms with Crippen molar-refractivity contribution in [2.24, 2.45) is 7.05 Å². The Morgan fingerprint density at radius 1 is 1.26 bits per heavy atom. The average Bonchev–Trinajstić information content (AvgIpc) is 3.28. The third-order valence-electron chi connectivity index (χ3n) is 5.12. The quantitative estimate of drug-likeness (QED) is 0.843. The Bertz CT molecular complexity index is 856. The number of aryl methyl sites for hydroxylation is 1. The predicted molar refractivity (Wildman–Crippen MR) is 101 cm³/mol. The summed E-state index contributed by atoms with van der Waals surface area (Å²) in [6, 6.07) is 6.77. The minimum atomic E-state index is -0.458. The summed E-state index contributed by atoms with van der Waals surface area (Å²) < 4.78 is 1.80. The number of anilines is 1. The Morgan fingerprint density at radius 2 is 2.07 bits per heavy atom. The Morgan fingerprint density at radius 3 is 2.81 bits per heavy atom. The molecule has 3 heterocycles. The molecule has 0 bridgehead atoms. The van der Waals surface area contributed by atoms with E-state index in [1.54, 1.807) is 16.8 Å². The van der Waals surface area contributed by atoms with Crippen molar-refractivity contribution >= 4 is 17.8 Å². The Labute approximate surface area is 158 Å². The fourth-order valence-corrected chi connectivity index (χ4v) is 3.64. The summed E-state index contributed by atoms with van der Waals surface area (Å²) in [5.74, 6) is 1.08. The van der Waals surface area contributed by atoms with E-state index >= 15 is 0 Å². The van der Waals surface area contributed by atoms with Crippen LogP contribution in [0.3, 0.4) is 0 Å². The number of benzene rings is 1. The van der Waals surface area contributed by atoms with Crippen LogP contribution in [0, 0.1) is 0 Å². The van der Waals surface area contributed by atoms with Gasteiger partial charge in [-0.2, -0.15) is 4.98 Å². The number of rotatable bonds is 4. The van der Waals surface area contributed by atoms with Crippen LogP contribution in [0.1, 0.15) is 36.0 Å². The van der Waals surface area contributed by atoms with Crippen molar-refractivity contribution in [1.29, 1.82) is 0 Å². The van der Waals surface area contributed by atoms with Crippen molar-refractivity contribution in [2.45, 2.75) is 31.7 Å². The minimum Gasteiger partial charge on any atom is -0.354 e. The van der Waals surface area contributed by atoms with Crippen molar-refractivity contribution in [1.82, 2.24) is 25.4 Å². The molecule has 0 spiro atoms. The first kappa shape index (κ1) is 17.5. The van der Waals surface area contributed by atoms with Crippen LogP contribution in [-0.2, 0) is 11.8 Å². The largest absolute Gasteiger partial charge is 0.354 e. The van der Waals surface area contributed by atoms with Crippen molar-refractivity contribution in [3.05, 3.63) is 29.8 Å². The fraction of sp³-hybridized carbons (Fsp3) is 0.474. The molecule has 2 amide bonds. The fourth-order valence-electron chi connectivity index (χ4n) is 3.64. The summed E-state index contributed by atoms with van der Waals surface area (Å²) in [5.41, 5.74) is 1.29. The van der Waals surface area contributed by atoms with Crippen LogP contribution < -0.4 is 15.5 Å². The zero-order chi connectivity index (χ0) is 18.8. The van der Waals surface area contributed by atoms with Crippen LogP contribution >= 0.6 is 0 Å². The molecule has 0 unspecified atom stereocenters. The number of nitrogens with one attached hydrogen (secondary N) is 2. The Balaban J connectivity index is 1.53. The van der Waals surface area contributed by atoms with E-state index in [9.17, 15) is 9.59 Å². The molecule has 1 aromatic carbocycles. The van der Waals surface area contributed by atoms with E-state index in [0.29, 0.717) is 24.4 Å². The summed E-state index contributed by atoms with van der Waals surface area (Å²) in [5, 5.41) is 10.0. The number of hydrogen-bond donors (Lipinski definition) is 2. The summed E-state index contributed by atoms with van der Waals surface area (Å²) in [7, 11) is 1.90. The molecule has 1 atom stereocenters. The molecular formula is C19H24N6O2. The zero-order valence-electron chi connectivity index (χ0n) is 15.4. The van der Waals surface area contributed by atoms with Crippen LogP contribution in [0.25, 0.3) is 11.4 Å². The first-order chi connectivity index (χ1) is 13.1. The molecule has 1 aromatic heterocycles. The van der Waals surface area contributed by atoms with Crippen LogP contribution in [0.15, 0.2) is 24.3 Å². The highest BCUT2D eigenvalue weighted by atomic mass is 16.2. The van der Waals surface area contributed by atoms with Crippen molar-refractivity contribution in [3.8, 4) is 11.4 Å². The number of amides is 2. The summed E-state index contributed by atoms with van der Waals surface area (Å²) in [6.45, 7) is 2.59.